The van der Waals surface area contributed by atoms with Crippen molar-refractivity contribution in [3.63, 3.8) is 0 Å². The maximum atomic E-state index is 12.8. The van der Waals surface area contributed by atoms with Gasteiger partial charge in [-0.25, -0.2) is 0 Å². The predicted octanol–water partition coefficient (Wildman–Crippen LogP) is 18.3. The molecule has 4 bridgehead atoms. The number of nitrogens with zero attached hydrogens (tertiary/aromatic N) is 13. The summed E-state index contributed by atoms with van der Waals surface area (Å²) in [7, 11) is 0. The minimum Gasteiger partial charge on any atom is -0.377 e. The van der Waals surface area contributed by atoms with Gasteiger partial charge in [0.1, 0.15) is 0 Å². The number of nitrogens with one attached hydrogen (secondary N) is 3. The second-order valence-corrected chi connectivity index (χ2v) is 52.7. The zero-order valence-corrected chi connectivity index (χ0v) is 99.2. The van der Waals surface area contributed by atoms with Crippen molar-refractivity contribution in [2.24, 2.45) is 81.7 Å². The molecule has 26 heteroatoms. The van der Waals surface area contributed by atoms with Crippen molar-refractivity contribution in [1.29, 1.82) is 0 Å². The Kier molecular flexibility index (Phi) is 52.4. The van der Waals surface area contributed by atoms with Crippen molar-refractivity contribution in [1.82, 2.24) is 79.6 Å². The van der Waals surface area contributed by atoms with Gasteiger partial charge in [-0.1, -0.05) is 66.2 Å². The summed E-state index contributed by atoms with van der Waals surface area (Å²) in [4.78, 5) is 130. The number of morpholine rings is 1. The second kappa shape index (κ2) is 62.6. The molecular formula is C123H227N17O9. The molecule has 0 aromatic heterocycles. The molecule has 14 saturated heterocycles. The molecule has 8 atom stereocenters. The van der Waals surface area contributed by atoms with E-state index in [0.29, 0.717) is 150 Å². The number of hydrogen-bond donors (Lipinski definition) is 4. The van der Waals surface area contributed by atoms with E-state index in [1.165, 1.54) is 141 Å². The van der Waals surface area contributed by atoms with Gasteiger partial charge in [0.05, 0.1) is 19.3 Å². The van der Waals surface area contributed by atoms with Crippen LogP contribution in [0.15, 0.2) is 0 Å². The number of amides is 8. The van der Waals surface area contributed by atoms with Crippen LogP contribution in [0.3, 0.4) is 0 Å². The van der Waals surface area contributed by atoms with Crippen molar-refractivity contribution in [3.05, 3.63) is 0 Å². The minimum atomic E-state index is 0.161. The number of rotatable bonds is 23. The molecule has 14 aliphatic heterocycles. The van der Waals surface area contributed by atoms with Crippen LogP contribution in [0.4, 0.5) is 0 Å². The highest BCUT2D eigenvalue weighted by Crippen LogP contribution is 2.50. The molecule has 26 nitrogen and oxygen atoms in total. The van der Waals surface area contributed by atoms with Crippen molar-refractivity contribution in [2.45, 2.75) is 487 Å². The number of carbonyl (C=O) groups is 8. The van der Waals surface area contributed by atoms with E-state index in [9.17, 15) is 38.4 Å². The molecule has 1 spiro atoms. The fourth-order valence-electron chi connectivity index (χ4n) is 28.6. The Labute approximate surface area is 909 Å². The molecule has 858 valence electrons. The monoisotopic (exact) mass is 2090 g/mol. The smallest absolute Gasteiger partial charge is 0.226 e. The number of piperidine rings is 12. The van der Waals surface area contributed by atoms with Crippen molar-refractivity contribution in [2.75, 3.05) is 177 Å². The summed E-state index contributed by atoms with van der Waals surface area (Å²) < 4.78 is 5.49. The third kappa shape index (κ3) is 38.1. The molecule has 149 heavy (non-hydrogen) atoms. The molecule has 5 N–H and O–H groups in total. The Hall–Kier alpha value is -4.64. The molecule has 0 aromatic rings. The summed E-state index contributed by atoms with van der Waals surface area (Å²) in [6, 6.07) is 6.77. The molecule has 8 unspecified atom stereocenters. The lowest BCUT2D eigenvalue weighted by molar-refractivity contribution is -0.146. The number of nitrogens with two attached hydrogens (primary N) is 1. The summed E-state index contributed by atoms with van der Waals surface area (Å²) in [5.41, 5.74) is 7.12. The average Bonchev–Trinajstić information content (AvgIpc) is 1.47. The molecular weight excluding hydrogens is 1860 g/mol. The highest BCUT2D eigenvalue weighted by atomic mass is 16.5. The average molecular weight is 2090 g/mol. The van der Waals surface area contributed by atoms with Gasteiger partial charge >= 0.3 is 0 Å². The number of carbonyl (C=O) groups excluding carboxylic acids is 8. The topological polar surface area (TPSA) is 250 Å². The van der Waals surface area contributed by atoms with Crippen LogP contribution in [0.1, 0.15) is 408 Å². The number of ether oxygens (including phenoxy) is 1. The molecule has 4 saturated carbocycles. The maximum Gasteiger partial charge on any atom is 0.226 e. The Bertz CT molecular complexity index is 3830. The summed E-state index contributed by atoms with van der Waals surface area (Å²) in [6.07, 6.45) is 49.4. The minimum absolute atomic E-state index is 0.161. The van der Waals surface area contributed by atoms with E-state index in [-0.39, 0.29) is 47.6 Å². The summed E-state index contributed by atoms with van der Waals surface area (Å²) in [5, 5.41) is 9.41. The van der Waals surface area contributed by atoms with Gasteiger partial charge in [-0.2, -0.15) is 0 Å². The summed E-state index contributed by atoms with van der Waals surface area (Å²) >= 11 is 0. The van der Waals surface area contributed by atoms with E-state index in [1.807, 2.05) is 0 Å². The molecule has 0 radical (unpaired) electrons. The molecule has 18 rings (SSSR count). The van der Waals surface area contributed by atoms with E-state index < -0.39 is 0 Å². The predicted molar refractivity (Wildman–Crippen MR) is 610 cm³/mol. The molecule has 18 aliphatic rings. The Balaban J connectivity index is 0.000000162. The van der Waals surface area contributed by atoms with E-state index in [1.54, 1.807) is 0 Å². The second-order valence-electron chi connectivity index (χ2n) is 52.7. The van der Waals surface area contributed by atoms with Crippen molar-refractivity contribution < 1.29 is 43.1 Å². The standard InChI is InChI=1S/C17H30N2O.2C16H28N2O.2C16H30N2O.C15H29N3O.C15H28N2O2.C12H24N2O/c1-14(2)18-10-4-15(5-11-18)16(20)19-12-8-17(9-13-19)6-3-7-17;1-12(2)17-7-5-15(6-8-17)16(19)18-10-13-3-4-14(9-13)11-18;1-12(2)17-10-8-13(9-11-17)16(19)18-14-4-3-5-15(18)7-6-14;1-13(2)18-10-6-14(7-11-18)15(19)17-12-16(3)8-4-5-9-16;1-4-14-6-5-9-18(12-14)16(19)15-7-10-17(11-8-15)13(2)3;1-11(2)18-9-7-12(8-10-18)15(19)17-14-6-4-3-5-13(14)16;1-4-14-11-19-10-9-17(14)15(18)13-5-7-16(8-6-13)12(2)3;1-4-7-13-12(15)11-5-8-14(9-6-11)10(2)3/h14-15H,3-13H2,1-2H3;2*12-15H,3-11H2,1-2H3;13-14H,4-12H2,1-3H3,(H,17,19);13-15H,4-12H2,1-3H3;11-14H,3-10,16H2,1-2H3,(H,17,19);12-14H,4-11H2,1-3H3;10-11H,4-9H2,1-3H3,(H,13,15). The Morgan fingerprint density at radius 2 is 0.691 bits per heavy atom. The van der Waals surface area contributed by atoms with Gasteiger partial charge in [-0.3, -0.25) is 38.4 Å². The third-order valence-electron chi connectivity index (χ3n) is 39.9. The van der Waals surface area contributed by atoms with Gasteiger partial charge in [0, 0.05) is 179 Å². The quantitative estimate of drug-likeness (QED) is 0.0742. The van der Waals surface area contributed by atoms with Crippen LogP contribution in [0.5, 0.6) is 0 Å². The number of likely N-dealkylation sites (tertiary alicyclic amines) is 11. The maximum absolute atomic E-state index is 12.8. The highest BCUT2D eigenvalue weighted by molar-refractivity contribution is 5.83. The van der Waals surface area contributed by atoms with Gasteiger partial charge in [0.25, 0.3) is 0 Å². The SMILES string of the molecule is CC(C)N1CCC(C(=O)N2C3CCCC2CC3)CC1.CC(C)N1CCC(C(=O)N2CC3CCC(C3)C2)CC1.CC(C)N1CCC(C(=O)N2CCC3(CCC3)CC2)CC1.CC(C)N1CCC(C(=O)NC2CCCCC2N)CC1.CC(C)N1CCC(C(=O)NCC2(C)CCCC2)CC1.CCC1CCCN(C(=O)C2CCN(C(C)C)CC2)C1.CCC1COCCN1C(=O)C1CCN(C(C)C)CC1.CCCNC(=O)C1CCN(C(C)C)CC1. The van der Waals surface area contributed by atoms with Crippen LogP contribution in [-0.4, -0.2) is 366 Å². The van der Waals surface area contributed by atoms with E-state index in [4.69, 9.17) is 10.5 Å². The lowest BCUT2D eigenvalue weighted by Gasteiger charge is -2.48. The fraction of sp³-hybridized carbons (Fsp3) is 0.935. The number of hydrogen-bond acceptors (Lipinski definition) is 18. The Morgan fingerprint density at radius 3 is 1.07 bits per heavy atom. The van der Waals surface area contributed by atoms with E-state index in [2.05, 4.69) is 218 Å². The largest absolute Gasteiger partial charge is 0.377 e. The van der Waals surface area contributed by atoms with Gasteiger partial charge < -0.3 is 90.1 Å². The van der Waals surface area contributed by atoms with Crippen LogP contribution in [-0.2, 0) is 43.1 Å². The van der Waals surface area contributed by atoms with E-state index in [0.717, 1.165) is 310 Å². The first-order valence-electron chi connectivity index (χ1n) is 63.0. The van der Waals surface area contributed by atoms with Crippen LogP contribution in [0.2, 0.25) is 0 Å². The molecule has 18 fully saturated rings. The van der Waals surface area contributed by atoms with Crippen LogP contribution in [0, 0.1) is 75.9 Å². The molecule has 0 aromatic carbocycles. The zero-order valence-electron chi connectivity index (χ0n) is 99.2. The molecule has 8 amide bonds. The van der Waals surface area contributed by atoms with Crippen LogP contribution in [0.25, 0.3) is 0 Å². The van der Waals surface area contributed by atoms with Crippen molar-refractivity contribution in [3.8, 4) is 0 Å². The lowest BCUT2D eigenvalue weighted by atomic mass is 9.63. The van der Waals surface area contributed by atoms with E-state index >= 15 is 0 Å². The van der Waals surface area contributed by atoms with Crippen LogP contribution < -0.4 is 21.7 Å². The van der Waals surface area contributed by atoms with Gasteiger partial charge in [-0.15, -0.1) is 0 Å². The van der Waals surface area contributed by atoms with Crippen LogP contribution >= 0.6 is 0 Å². The lowest BCUT2D eigenvalue weighted by Crippen LogP contribution is -2.52. The highest BCUT2D eigenvalue weighted by Gasteiger charge is 2.47. The summed E-state index contributed by atoms with van der Waals surface area (Å²) in [5.74, 6) is 7.61. The molecule has 4 aliphatic carbocycles. The Morgan fingerprint density at radius 1 is 0.322 bits per heavy atom. The first-order valence-corrected chi connectivity index (χ1v) is 63.0. The first kappa shape index (κ1) is 125. The normalized spacial score (nSPS) is 28.1. The molecule has 14 heterocycles. The van der Waals surface area contributed by atoms with Gasteiger partial charge in [0.2, 0.25) is 47.3 Å². The van der Waals surface area contributed by atoms with Crippen molar-refractivity contribution >= 4 is 47.3 Å². The summed E-state index contributed by atoms with van der Waals surface area (Å²) in [6.45, 7) is 72.1. The van der Waals surface area contributed by atoms with Gasteiger partial charge in [0.15, 0.2) is 0 Å². The zero-order chi connectivity index (χ0) is 108. The third-order valence-corrected chi connectivity index (χ3v) is 39.9. The first-order chi connectivity index (χ1) is 71.4. The van der Waals surface area contributed by atoms with Gasteiger partial charge in [-0.05, 0) is 475 Å². The fourth-order valence-corrected chi connectivity index (χ4v) is 28.6. The number of fused-ring (bicyclic) bond motifs is 4.